The first-order chi connectivity index (χ1) is 6.11. The summed E-state index contributed by atoms with van der Waals surface area (Å²) in [6, 6.07) is 0. The molecule has 1 aromatic heterocycles. The van der Waals surface area contributed by atoms with Crippen LogP contribution in [0.4, 0.5) is 0 Å². The van der Waals surface area contributed by atoms with Gasteiger partial charge in [-0.05, 0) is 13.8 Å². The third-order valence-electron chi connectivity index (χ3n) is 1.78. The molecule has 1 unspecified atom stereocenters. The number of nitrogens with zero attached hydrogens (tertiary/aromatic N) is 3. The maximum atomic E-state index is 12.2. The zero-order valence-corrected chi connectivity index (χ0v) is 8.78. The summed E-state index contributed by atoms with van der Waals surface area (Å²) in [4.78, 5) is 8.27. The van der Waals surface area contributed by atoms with Crippen LogP contribution in [0.15, 0.2) is 28.0 Å². The lowest BCUT2D eigenvalue weighted by atomic mass is 10.6. The van der Waals surface area contributed by atoms with Crippen molar-refractivity contribution in [1.29, 1.82) is 0 Å². The zero-order valence-electron chi connectivity index (χ0n) is 7.97. The van der Waals surface area contributed by atoms with Crippen LogP contribution in [0.1, 0.15) is 13.8 Å². The third kappa shape index (κ3) is 1.85. The summed E-state index contributed by atoms with van der Waals surface area (Å²) in [6.45, 7) is 3.75. The maximum absolute atomic E-state index is 12.2. The molecule has 1 heterocycles. The summed E-state index contributed by atoms with van der Waals surface area (Å²) in [5.41, 5.74) is 0. The van der Waals surface area contributed by atoms with Gasteiger partial charge in [-0.1, -0.05) is 0 Å². The maximum Gasteiger partial charge on any atom is 0.115 e. The van der Waals surface area contributed by atoms with E-state index in [4.69, 9.17) is 0 Å². The summed E-state index contributed by atoms with van der Waals surface area (Å²) in [5, 5.41) is -0.0245. The molecule has 0 radical (unpaired) electrons. The van der Waals surface area contributed by atoms with E-state index in [1.807, 2.05) is 13.8 Å². The Morgan fingerprint density at radius 1 is 1.38 bits per heavy atom. The van der Waals surface area contributed by atoms with E-state index in [0.717, 1.165) is 0 Å². The molecule has 0 aliphatic heterocycles. The number of aromatic nitrogens is 2. The molecule has 72 valence electrons. The van der Waals surface area contributed by atoms with Crippen LogP contribution in [0.5, 0.6) is 0 Å². The summed E-state index contributed by atoms with van der Waals surface area (Å²) in [6.07, 6.45) is 4.53. The van der Waals surface area contributed by atoms with Crippen LogP contribution >= 0.6 is 0 Å². The molecule has 0 fully saturated rings. The van der Waals surface area contributed by atoms with Gasteiger partial charge in [0.15, 0.2) is 0 Å². The van der Waals surface area contributed by atoms with E-state index in [2.05, 4.69) is 14.3 Å². The monoisotopic (exact) mass is 199 g/mol. The highest BCUT2D eigenvalue weighted by molar-refractivity contribution is 7.94. The quantitative estimate of drug-likeness (QED) is 0.722. The van der Waals surface area contributed by atoms with E-state index in [-0.39, 0.29) is 5.25 Å². The smallest absolute Gasteiger partial charge is 0.115 e. The third-order valence-corrected chi connectivity index (χ3v) is 4.49. The van der Waals surface area contributed by atoms with Crippen LogP contribution in [-0.4, -0.2) is 26.5 Å². The minimum absolute atomic E-state index is 0.0245. The van der Waals surface area contributed by atoms with Crippen LogP contribution in [-0.2, 0) is 9.73 Å². The molecule has 0 aliphatic carbocycles. The highest BCUT2D eigenvalue weighted by Gasteiger charge is 2.16. The fraction of sp³-hybridized carbons (Fsp3) is 0.500. The van der Waals surface area contributed by atoms with Gasteiger partial charge in [0, 0.05) is 24.7 Å². The van der Waals surface area contributed by atoms with Gasteiger partial charge in [0.25, 0.3) is 0 Å². The fourth-order valence-corrected chi connectivity index (χ4v) is 2.63. The van der Waals surface area contributed by atoms with Crippen LogP contribution in [0, 0.1) is 0 Å². The van der Waals surface area contributed by atoms with Crippen molar-refractivity contribution in [2.24, 2.45) is 4.36 Å². The van der Waals surface area contributed by atoms with Crippen LogP contribution < -0.4 is 0 Å². The first-order valence-electron chi connectivity index (χ1n) is 4.00. The Hall–Kier alpha value is -0.970. The van der Waals surface area contributed by atoms with Crippen molar-refractivity contribution in [3.05, 3.63) is 18.7 Å². The van der Waals surface area contributed by atoms with Gasteiger partial charge in [0.1, 0.15) is 6.33 Å². The first-order valence-corrected chi connectivity index (χ1v) is 5.58. The molecule has 1 rings (SSSR count). The van der Waals surface area contributed by atoms with Crippen molar-refractivity contribution in [3.8, 4) is 0 Å². The summed E-state index contributed by atoms with van der Waals surface area (Å²) in [7, 11) is -0.757. The lowest BCUT2D eigenvalue weighted by Crippen LogP contribution is -2.14. The van der Waals surface area contributed by atoms with Crippen LogP contribution in [0.3, 0.4) is 0 Å². The minimum Gasteiger partial charge on any atom is -0.244 e. The highest BCUT2D eigenvalue weighted by Crippen LogP contribution is 2.15. The Labute approximate surface area is 78.6 Å². The van der Waals surface area contributed by atoms with Gasteiger partial charge in [-0.15, -0.1) is 0 Å². The number of rotatable bonds is 2. The second kappa shape index (κ2) is 3.83. The molecule has 1 aromatic rings. The van der Waals surface area contributed by atoms with E-state index < -0.39 is 9.73 Å². The van der Waals surface area contributed by atoms with Crippen molar-refractivity contribution in [2.75, 3.05) is 7.05 Å². The minimum atomic E-state index is -2.32. The van der Waals surface area contributed by atoms with E-state index in [1.54, 1.807) is 19.4 Å². The van der Waals surface area contributed by atoms with E-state index in [0.29, 0.717) is 4.90 Å². The topological polar surface area (TPSA) is 55.2 Å². The molecular weight excluding hydrogens is 186 g/mol. The molecular formula is C8H13N3OS. The molecule has 0 saturated carbocycles. The van der Waals surface area contributed by atoms with Crippen LogP contribution in [0.2, 0.25) is 0 Å². The van der Waals surface area contributed by atoms with Gasteiger partial charge in [-0.2, -0.15) is 0 Å². The SMILES string of the molecule is CN=S(=O)(c1cncnc1)C(C)C. The van der Waals surface area contributed by atoms with Crippen molar-refractivity contribution < 1.29 is 4.21 Å². The largest absolute Gasteiger partial charge is 0.244 e. The number of hydrogen-bond acceptors (Lipinski definition) is 4. The van der Waals surface area contributed by atoms with Gasteiger partial charge < -0.3 is 0 Å². The highest BCUT2D eigenvalue weighted by atomic mass is 32.2. The molecule has 0 spiro atoms. The summed E-state index contributed by atoms with van der Waals surface area (Å²) in [5.74, 6) is 0. The van der Waals surface area contributed by atoms with Crippen molar-refractivity contribution >= 4 is 9.73 Å². The van der Waals surface area contributed by atoms with Crippen LogP contribution in [0.25, 0.3) is 0 Å². The van der Waals surface area contributed by atoms with Gasteiger partial charge in [0.2, 0.25) is 0 Å². The fourth-order valence-electron chi connectivity index (χ4n) is 1.02. The second-order valence-corrected chi connectivity index (χ2v) is 5.79. The molecule has 0 bridgehead atoms. The lowest BCUT2D eigenvalue weighted by Gasteiger charge is -2.11. The second-order valence-electron chi connectivity index (χ2n) is 2.87. The standard InChI is InChI=1S/C8H13N3OS/c1-7(2)13(12,9-3)8-4-10-6-11-5-8/h4-7H,1-3H3. The summed E-state index contributed by atoms with van der Waals surface area (Å²) < 4.78 is 16.1. The van der Waals surface area contributed by atoms with E-state index in [9.17, 15) is 4.21 Å². The Bertz CT molecular complexity index is 380. The molecule has 5 heteroatoms. The molecule has 0 N–H and O–H groups in total. The normalized spacial score (nSPS) is 15.4. The lowest BCUT2D eigenvalue weighted by molar-refractivity contribution is 0.668. The van der Waals surface area contributed by atoms with Gasteiger partial charge in [-0.3, -0.25) is 0 Å². The first kappa shape index (κ1) is 10.1. The average molecular weight is 199 g/mol. The van der Waals surface area contributed by atoms with Crippen molar-refractivity contribution in [1.82, 2.24) is 9.97 Å². The molecule has 4 nitrogen and oxygen atoms in total. The Morgan fingerprint density at radius 3 is 2.31 bits per heavy atom. The predicted octanol–water partition coefficient (Wildman–Crippen LogP) is 1.34. The molecule has 0 saturated heterocycles. The Balaban J connectivity index is 3.29. The van der Waals surface area contributed by atoms with Gasteiger partial charge in [0.05, 0.1) is 14.6 Å². The van der Waals surface area contributed by atoms with Gasteiger partial charge in [-0.25, -0.2) is 18.5 Å². The predicted molar refractivity (Wildman–Crippen MR) is 51.9 cm³/mol. The van der Waals surface area contributed by atoms with E-state index in [1.165, 1.54) is 6.33 Å². The van der Waals surface area contributed by atoms with Crippen molar-refractivity contribution in [3.63, 3.8) is 0 Å². The van der Waals surface area contributed by atoms with Crippen molar-refractivity contribution in [2.45, 2.75) is 24.0 Å². The molecule has 0 aromatic carbocycles. The molecule has 0 amide bonds. The molecule has 0 aliphatic rings. The Kier molecular flexibility index (Phi) is 2.98. The Morgan fingerprint density at radius 2 is 1.92 bits per heavy atom. The van der Waals surface area contributed by atoms with Gasteiger partial charge >= 0.3 is 0 Å². The zero-order chi connectivity index (χ0) is 9.90. The molecule has 13 heavy (non-hydrogen) atoms. The average Bonchev–Trinajstić information content (AvgIpc) is 2.17. The summed E-state index contributed by atoms with van der Waals surface area (Å²) >= 11 is 0. The molecule has 1 atom stereocenters. The number of hydrogen-bond donors (Lipinski definition) is 0. The van der Waals surface area contributed by atoms with E-state index >= 15 is 0 Å².